The molecule has 2 heterocycles. The summed E-state index contributed by atoms with van der Waals surface area (Å²) in [6, 6.07) is 11.0. The van der Waals surface area contributed by atoms with Gasteiger partial charge >= 0.3 is 5.00 Å². The van der Waals surface area contributed by atoms with E-state index in [-0.39, 0.29) is 10.9 Å². The van der Waals surface area contributed by atoms with E-state index in [9.17, 15) is 14.9 Å². The smallest absolute Gasteiger partial charge is 0.298 e. The number of anilines is 1. The number of nitrogens with zero attached hydrogens (tertiary/aromatic N) is 2. The summed E-state index contributed by atoms with van der Waals surface area (Å²) < 4.78 is 0. The number of benzene rings is 1. The summed E-state index contributed by atoms with van der Waals surface area (Å²) in [5, 5.41) is 15.8. The van der Waals surface area contributed by atoms with Crippen molar-refractivity contribution in [3.63, 3.8) is 0 Å². The zero-order valence-electron chi connectivity index (χ0n) is 13.1. The number of nitrogens with one attached hydrogen (secondary N) is 1. The predicted molar refractivity (Wildman–Crippen MR) is 101 cm³/mol. The summed E-state index contributed by atoms with van der Waals surface area (Å²) in [5.74, 6) is -0.333. The number of rotatable bonds is 5. The second kappa shape index (κ2) is 7.37. The predicted octanol–water partition coefficient (Wildman–Crippen LogP) is 4.74. The Labute approximate surface area is 151 Å². The minimum atomic E-state index is -0.454. The van der Waals surface area contributed by atoms with E-state index in [1.165, 1.54) is 29.0 Å². The summed E-state index contributed by atoms with van der Waals surface area (Å²) in [6.45, 7) is 2.02. The third-order valence-electron chi connectivity index (χ3n) is 3.27. The molecule has 0 spiro atoms. The molecule has 0 unspecified atom stereocenters. The number of aryl methyl sites for hydroxylation is 1. The molecule has 0 fully saturated rings. The highest BCUT2D eigenvalue weighted by atomic mass is 32.1. The molecule has 0 aliphatic heterocycles. The zero-order chi connectivity index (χ0) is 17.8. The van der Waals surface area contributed by atoms with Crippen LogP contribution in [0.15, 0.2) is 47.9 Å². The number of thiophene rings is 1. The van der Waals surface area contributed by atoms with Gasteiger partial charge in [0.2, 0.25) is 5.91 Å². The first kappa shape index (κ1) is 17.0. The highest BCUT2D eigenvalue weighted by Crippen LogP contribution is 2.26. The van der Waals surface area contributed by atoms with Gasteiger partial charge in [-0.2, -0.15) is 0 Å². The maximum absolute atomic E-state index is 12.0. The first-order chi connectivity index (χ1) is 12.0. The molecule has 1 amide bonds. The molecule has 3 aromatic rings. The van der Waals surface area contributed by atoms with Gasteiger partial charge in [-0.25, -0.2) is 4.98 Å². The standard InChI is InChI=1S/C17H13N3O3S2/c1-11-2-4-12(5-3-11)14-10-24-17(18-14)19-15(21)8-6-13-7-9-16(25-13)20(22)23/h2-10H,1H3,(H,18,19,21). The second-order valence-electron chi connectivity index (χ2n) is 5.16. The number of carbonyl (C=O) groups excluding carboxylic acids is 1. The average Bonchev–Trinajstić information content (AvgIpc) is 3.23. The van der Waals surface area contributed by atoms with Gasteiger partial charge in [-0.15, -0.1) is 11.3 Å². The van der Waals surface area contributed by atoms with Gasteiger partial charge in [0.1, 0.15) is 0 Å². The quantitative estimate of drug-likeness (QED) is 0.399. The zero-order valence-corrected chi connectivity index (χ0v) is 14.8. The lowest BCUT2D eigenvalue weighted by Crippen LogP contribution is -2.07. The van der Waals surface area contributed by atoms with Gasteiger partial charge in [0, 0.05) is 28.0 Å². The molecule has 1 N–H and O–H groups in total. The number of thiazole rings is 1. The van der Waals surface area contributed by atoms with Gasteiger partial charge in [-0.1, -0.05) is 41.2 Å². The molecule has 8 heteroatoms. The van der Waals surface area contributed by atoms with Gasteiger partial charge in [0.05, 0.1) is 10.6 Å². The van der Waals surface area contributed by atoms with Crippen molar-refractivity contribution >= 4 is 44.8 Å². The normalized spacial score (nSPS) is 10.9. The first-order valence-electron chi connectivity index (χ1n) is 7.27. The van der Waals surface area contributed by atoms with Crippen molar-refractivity contribution in [1.29, 1.82) is 0 Å². The Kier molecular flexibility index (Phi) is 5.01. The van der Waals surface area contributed by atoms with Crippen molar-refractivity contribution < 1.29 is 9.72 Å². The van der Waals surface area contributed by atoms with Crippen molar-refractivity contribution in [1.82, 2.24) is 4.98 Å². The van der Waals surface area contributed by atoms with Crippen LogP contribution in [0.1, 0.15) is 10.4 Å². The van der Waals surface area contributed by atoms with Crippen molar-refractivity contribution in [2.75, 3.05) is 5.32 Å². The molecule has 0 saturated carbocycles. The van der Waals surface area contributed by atoms with Gasteiger partial charge in [0.15, 0.2) is 5.13 Å². The Balaban J connectivity index is 1.64. The molecule has 6 nitrogen and oxygen atoms in total. The molecule has 0 saturated heterocycles. The lowest BCUT2D eigenvalue weighted by Gasteiger charge is -1.98. The van der Waals surface area contributed by atoms with E-state index >= 15 is 0 Å². The van der Waals surface area contributed by atoms with Crippen LogP contribution in [0.2, 0.25) is 0 Å². The fraction of sp³-hybridized carbons (Fsp3) is 0.0588. The van der Waals surface area contributed by atoms with Crippen LogP contribution in [0.5, 0.6) is 0 Å². The number of nitro groups is 1. The Morgan fingerprint density at radius 2 is 2.00 bits per heavy atom. The van der Waals surface area contributed by atoms with E-state index in [0.29, 0.717) is 10.0 Å². The Hall–Kier alpha value is -2.84. The highest BCUT2D eigenvalue weighted by Gasteiger charge is 2.09. The molecule has 0 aliphatic rings. The van der Waals surface area contributed by atoms with Crippen LogP contribution < -0.4 is 5.32 Å². The minimum absolute atomic E-state index is 0.0442. The van der Waals surface area contributed by atoms with Crippen molar-refractivity contribution in [2.24, 2.45) is 0 Å². The van der Waals surface area contributed by atoms with Crippen LogP contribution in [0.25, 0.3) is 17.3 Å². The average molecular weight is 371 g/mol. The SMILES string of the molecule is Cc1ccc(-c2csc(NC(=O)C=Cc3ccc([N+](=O)[O-])s3)n2)cc1. The van der Waals surface area contributed by atoms with Crippen LogP contribution in [0, 0.1) is 17.0 Å². The molecule has 2 aromatic heterocycles. The van der Waals surface area contributed by atoms with E-state index in [4.69, 9.17) is 0 Å². The van der Waals surface area contributed by atoms with E-state index in [1.807, 2.05) is 36.6 Å². The number of carbonyl (C=O) groups is 1. The third-order valence-corrected chi connectivity index (χ3v) is 5.03. The summed E-state index contributed by atoms with van der Waals surface area (Å²) in [6.07, 6.45) is 2.88. The van der Waals surface area contributed by atoms with Gasteiger partial charge in [0.25, 0.3) is 0 Å². The molecule has 0 aliphatic carbocycles. The monoisotopic (exact) mass is 371 g/mol. The Morgan fingerprint density at radius 3 is 2.68 bits per heavy atom. The molecule has 0 bridgehead atoms. The summed E-state index contributed by atoms with van der Waals surface area (Å²) in [4.78, 5) is 27.2. The number of hydrogen-bond donors (Lipinski definition) is 1. The van der Waals surface area contributed by atoms with Crippen LogP contribution in [0.4, 0.5) is 10.1 Å². The van der Waals surface area contributed by atoms with Gasteiger partial charge in [-0.05, 0) is 19.1 Å². The molecule has 3 rings (SSSR count). The van der Waals surface area contributed by atoms with Crippen molar-refractivity contribution in [3.8, 4) is 11.3 Å². The van der Waals surface area contributed by atoms with E-state index in [0.717, 1.165) is 22.6 Å². The summed E-state index contributed by atoms with van der Waals surface area (Å²) in [5.41, 5.74) is 2.97. The molecule has 0 atom stereocenters. The van der Waals surface area contributed by atoms with Crippen LogP contribution in [-0.4, -0.2) is 15.8 Å². The second-order valence-corrected chi connectivity index (χ2v) is 7.11. The number of aromatic nitrogens is 1. The summed E-state index contributed by atoms with van der Waals surface area (Å²) >= 11 is 2.36. The minimum Gasteiger partial charge on any atom is -0.298 e. The van der Waals surface area contributed by atoms with E-state index < -0.39 is 4.92 Å². The van der Waals surface area contributed by atoms with Crippen LogP contribution in [0.3, 0.4) is 0 Å². The fourth-order valence-corrected chi connectivity index (χ4v) is 3.47. The number of hydrogen-bond acceptors (Lipinski definition) is 6. The molecular weight excluding hydrogens is 358 g/mol. The Bertz CT molecular complexity index is 942. The maximum atomic E-state index is 12.0. The van der Waals surface area contributed by atoms with E-state index in [2.05, 4.69) is 10.3 Å². The van der Waals surface area contributed by atoms with Gasteiger partial charge < -0.3 is 0 Å². The third kappa shape index (κ3) is 4.37. The topological polar surface area (TPSA) is 85.1 Å². The van der Waals surface area contributed by atoms with Crippen molar-refractivity contribution in [2.45, 2.75) is 6.92 Å². The molecular formula is C17H13N3O3S2. The highest BCUT2D eigenvalue weighted by molar-refractivity contribution is 7.16. The summed E-state index contributed by atoms with van der Waals surface area (Å²) in [7, 11) is 0. The largest absolute Gasteiger partial charge is 0.324 e. The Morgan fingerprint density at radius 1 is 1.24 bits per heavy atom. The van der Waals surface area contributed by atoms with Crippen LogP contribution >= 0.6 is 22.7 Å². The lowest BCUT2D eigenvalue weighted by atomic mass is 10.1. The molecule has 25 heavy (non-hydrogen) atoms. The number of amides is 1. The first-order valence-corrected chi connectivity index (χ1v) is 8.97. The van der Waals surface area contributed by atoms with Crippen molar-refractivity contribution in [3.05, 3.63) is 68.4 Å². The van der Waals surface area contributed by atoms with Crippen LogP contribution in [-0.2, 0) is 4.79 Å². The molecule has 0 radical (unpaired) electrons. The fourth-order valence-electron chi connectivity index (χ4n) is 2.02. The van der Waals surface area contributed by atoms with E-state index in [1.54, 1.807) is 12.1 Å². The maximum Gasteiger partial charge on any atom is 0.324 e. The molecule has 1 aromatic carbocycles. The van der Waals surface area contributed by atoms with Gasteiger partial charge in [-0.3, -0.25) is 20.2 Å². The lowest BCUT2D eigenvalue weighted by molar-refractivity contribution is -0.380. The molecule has 126 valence electrons.